The van der Waals surface area contributed by atoms with Crippen molar-refractivity contribution in [2.45, 2.75) is 25.4 Å². The smallest absolute Gasteiger partial charge is 0.348 e. The Morgan fingerprint density at radius 2 is 2.03 bits per heavy atom. The average molecular weight is 470 g/mol. The number of carbonyl (C=O) groups is 1. The number of carbonyl (C=O) groups excluding carboxylic acids is 1. The van der Waals surface area contributed by atoms with Gasteiger partial charge in [-0.3, -0.25) is 4.79 Å². The molecule has 1 N–H and O–H groups in total. The number of amides is 1. The van der Waals surface area contributed by atoms with Crippen molar-refractivity contribution in [2.24, 2.45) is 0 Å². The standard InChI is InChI=1S/C25H19FN6O3/c26-17-7-3-6-16(13-17)22-28-24(35-30-22)19-9-4-12-31-23(19)29-32(25(31)34)14-21(33)27-20-11-10-15-5-1-2-8-18(15)20/h1-9,12-13,20H,10-11,14H2,(H,27,33). The first-order chi connectivity index (χ1) is 17.1. The molecule has 1 atom stereocenters. The molecule has 0 spiro atoms. The van der Waals surface area contributed by atoms with Gasteiger partial charge in [0.05, 0.1) is 11.6 Å². The van der Waals surface area contributed by atoms with Gasteiger partial charge in [-0.1, -0.05) is 41.6 Å². The number of nitrogens with zero attached hydrogens (tertiary/aromatic N) is 5. The molecule has 1 aliphatic carbocycles. The van der Waals surface area contributed by atoms with Gasteiger partial charge in [0.1, 0.15) is 12.4 Å². The molecular weight excluding hydrogens is 451 g/mol. The molecule has 0 saturated carbocycles. The first kappa shape index (κ1) is 21.0. The maximum absolute atomic E-state index is 13.6. The molecule has 0 aliphatic heterocycles. The summed E-state index contributed by atoms with van der Waals surface area (Å²) in [6.45, 7) is -0.225. The fraction of sp³-hybridized carbons (Fsp3) is 0.160. The Morgan fingerprint density at radius 1 is 1.14 bits per heavy atom. The number of halogens is 1. The van der Waals surface area contributed by atoms with E-state index in [1.165, 1.54) is 22.1 Å². The number of hydrogen-bond donors (Lipinski definition) is 1. The second-order valence-electron chi connectivity index (χ2n) is 8.35. The molecule has 5 aromatic rings. The summed E-state index contributed by atoms with van der Waals surface area (Å²) in [6.07, 6.45) is 3.28. The van der Waals surface area contributed by atoms with Gasteiger partial charge in [0.25, 0.3) is 5.89 Å². The van der Waals surface area contributed by atoms with Crippen molar-refractivity contribution in [3.63, 3.8) is 0 Å². The summed E-state index contributed by atoms with van der Waals surface area (Å²) >= 11 is 0. The highest BCUT2D eigenvalue weighted by molar-refractivity contribution is 5.77. The lowest BCUT2D eigenvalue weighted by Gasteiger charge is -2.13. The van der Waals surface area contributed by atoms with E-state index in [0.29, 0.717) is 11.1 Å². The summed E-state index contributed by atoms with van der Waals surface area (Å²) < 4.78 is 21.4. The number of pyridine rings is 1. The van der Waals surface area contributed by atoms with Crippen LogP contribution in [-0.4, -0.2) is 30.2 Å². The fourth-order valence-electron chi connectivity index (χ4n) is 4.47. The molecule has 1 aliphatic rings. The van der Waals surface area contributed by atoms with Crippen LogP contribution in [0, 0.1) is 5.82 Å². The predicted molar refractivity (Wildman–Crippen MR) is 124 cm³/mol. The van der Waals surface area contributed by atoms with Crippen LogP contribution < -0.4 is 11.0 Å². The largest absolute Gasteiger partial charge is 0.350 e. The molecule has 10 heteroatoms. The third-order valence-electron chi connectivity index (χ3n) is 6.11. The minimum atomic E-state index is -0.464. The predicted octanol–water partition coefficient (Wildman–Crippen LogP) is 3.16. The zero-order valence-corrected chi connectivity index (χ0v) is 18.4. The summed E-state index contributed by atoms with van der Waals surface area (Å²) in [6, 6.07) is 17.1. The Labute approximate surface area is 197 Å². The van der Waals surface area contributed by atoms with Gasteiger partial charge in [-0.15, -0.1) is 5.10 Å². The van der Waals surface area contributed by atoms with Crippen LogP contribution in [0.15, 0.2) is 76.2 Å². The summed E-state index contributed by atoms with van der Waals surface area (Å²) in [7, 11) is 0. The van der Waals surface area contributed by atoms with Gasteiger partial charge in [0.15, 0.2) is 5.65 Å². The van der Waals surface area contributed by atoms with Gasteiger partial charge in [0, 0.05) is 11.8 Å². The molecule has 6 rings (SSSR count). The molecule has 3 heterocycles. The number of aryl methyl sites for hydroxylation is 1. The van der Waals surface area contributed by atoms with E-state index in [1.807, 2.05) is 18.2 Å². The lowest BCUT2D eigenvalue weighted by molar-refractivity contribution is -0.122. The van der Waals surface area contributed by atoms with Crippen LogP contribution in [-0.2, 0) is 17.8 Å². The number of benzene rings is 2. The van der Waals surface area contributed by atoms with Gasteiger partial charge in [-0.05, 0) is 48.2 Å². The number of fused-ring (bicyclic) bond motifs is 2. The maximum atomic E-state index is 13.6. The van der Waals surface area contributed by atoms with Crippen LogP contribution in [0.5, 0.6) is 0 Å². The number of aromatic nitrogens is 5. The van der Waals surface area contributed by atoms with Gasteiger partial charge in [-0.25, -0.2) is 18.3 Å². The molecule has 174 valence electrons. The van der Waals surface area contributed by atoms with E-state index in [-0.39, 0.29) is 35.9 Å². The molecule has 9 nitrogen and oxygen atoms in total. The van der Waals surface area contributed by atoms with Crippen LogP contribution in [0.25, 0.3) is 28.5 Å². The van der Waals surface area contributed by atoms with Gasteiger partial charge in [-0.2, -0.15) is 4.98 Å². The van der Waals surface area contributed by atoms with Crippen LogP contribution in [0.2, 0.25) is 0 Å². The van der Waals surface area contributed by atoms with E-state index < -0.39 is 11.5 Å². The van der Waals surface area contributed by atoms with Crippen molar-refractivity contribution in [2.75, 3.05) is 0 Å². The first-order valence-electron chi connectivity index (χ1n) is 11.1. The molecule has 35 heavy (non-hydrogen) atoms. The van der Waals surface area contributed by atoms with E-state index in [9.17, 15) is 14.0 Å². The molecule has 0 fully saturated rings. The highest BCUT2D eigenvalue weighted by atomic mass is 19.1. The van der Waals surface area contributed by atoms with Crippen molar-refractivity contribution >= 4 is 11.6 Å². The quantitative estimate of drug-likeness (QED) is 0.423. The number of hydrogen-bond acceptors (Lipinski definition) is 6. The lowest BCUT2D eigenvalue weighted by atomic mass is 10.1. The van der Waals surface area contributed by atoms with Crippen LogP contribution in [0.4, 0.5) is 4.39 Å². The summed E-state index contributed by atoms with van der Waals surface area (Å²) in [5, 5.41) is 11.3. The van der Waals surface area contributed by atoms with E-state index in [2.05, 4.69) is 26.6 Å². The van der Waals surface area contributed by atoms with E-state index >= 15 is 0 Å². The van der Waals surface area contributed by atoms with Crippen molar-refractivity contribution < 1.29 is 13.7 Å². The van der Waals surface area contributed by atoms with Gasteiger partial charge < -0.3 is 9.84 Å². The zero-order valence-electron chi connectivity index (χ0n) is 18.4. The Morgan fingerprint density at radius 3 is 2.91 bits per heavy atom. The monoisotopic (exact) mass is 470 g/mol. The number of nitrogens with one attached hydrogen (secondary N) is 1. The number of rotatable bonds is 5. The van der Waals surface area contributed by atoms with Gasteiger partial charge >= 0.3 is 5.69 Å². The third-order valence-corrected chi connectivity index (χ3v) is 6.11. The SMILES string of the molecule is O=C(Cn1nc2c(-c3nc(-c4cccc(F)c4)no3)cccn2c1=O)NC1CCc2ccccc21. The van der Waals surface area contributed by atoms with E-state index in [0.717, 1.165) is 23.1 Å². The van der Waals surface area contributed by atoms with Crippen molar-refractivity contribution in [3.8, 4) is 22.8 Å². The first-order valence-corrected chi connectivity index (χ1v) is 11.1. The summed E-state index contributed by atoms with van der Waals surface area (Å²) in [5.74, 6) is -0.385. The van der Waals surface area contributed by atoms with E-state index in [4.69, 9.17) is 4.52 Å². The highest BCUT2D eigenvalue weighted by Gasteiger charge is 2.24. The summed E-state index contributed by atoms with van der Waals surface area (Å²) in [5.41, 5.74) is 3.02. The normalized spacial score (nSPS) is 14.8. The molecule has 0 saturated heterocycles. The van der Waals surface area contributed by atoms with Crippen LogP contribution in [0.1, 0.15) is 23.6 Å². The average Bonchev–Trinajstić information content (AvgIpc) is 3.58. The van der Waals surface area contributed by atoms with E-state index in [1.54, 1.807) is 30.5 Å². The van der Waals surface area contributed by atoms with Crippen LogP contribution in [0.3, 0.4) is 0 Å². The van der Waals surface area contributed by atoms with Crippen molar-refractivity contribution in [3.05, 3.63) is 94.3 Å². The Bertz CT molecular complexity index is 1640. The molecule has 0 radical (unpaired) electrons. The fourth-order valence-corrected chi connectivity index (χ4v) is 4.47. The second kappa shape index (κ2) is 8.32. The molecule has 2 aromatic carbocycles. The van der Waals surface area contributed by atoms with Crippen LogP contribution >= 0.6 is 0 Å². The minimum Gasteiger partial charge on any atom is -0.348 e. The third kappa shape index (κ3) is 3.78. The minimum absolute atomic E-state index is 0.0818. The summed E-state index contributed by atoms with van der Waals surface area (Å²) in [4.78, 5) is 30.0. The second-order valence-corrected chi connectivity index (χ2v) is 8.35. The van der Waals surface area contributed by atoms with Crippen molar-refractivity contribution in [1.29, 1.82) is 0 Å². The topological polar surface area (TPSA) is 107 Å². The Kier molecular flexibility index (Phi) is 4.98. The Hall–Kier alpha value is -4.60. The maximum Gasteiger partial charge on any atom is 0.350 e. The molecule has 1 unspecified atom stereocenters. The Balaban J connectivity index is 1.28. The lowest BCUT2D eigenvalue weighted by Crippen LogP contribution is -2.34. The molecule has 1 amide bonds. The van der Waals surface area contributed by atoms with Gasteiger partial charge in [0.2, 0.25) is 11.7 Å². The zero-order chi connectivity index (χ0) is 23.9. The highest BCUT2D eigenvalue weighted by Crippen LogP contribution is 2.30. The van der Waals surface area contributed by atoms with Crippen molar-refractivity contribution in [1.82, 2.24) is 29.6 Å². The molecule has 0 bridgehead atoms. The molecule has 3 aromatic heterocycles. The molecular formula is C25H19FN6O3.